The van der Waals surface area contributed by atoms with Crippen LogP contribution in [0, 0.1) is 11.3 Å². The molecule has 0 spiro atoms. The molecule has 4 aromatic carbocycles. The SMILES string of the molecule is COc1ccc(C(=Cc2ccc(/C=C(\C#N)c3ccccc3)cc2)c2ccc(OC)cc2)cc1. The molecule has 0 fully saturated rings. The molecule has 0 saturated carbocycles. The van der Waals surface area contributed by atoms with E-state index in [2.05, 4.69) is 48.5 Å². The van der Waals surface area contributed by atoms with E-state index in [1.807, 2.05) is 72.8 Å². The van der Waals surface area contributed by atoms with E-state index < -0.39 is 0 Å². The number of nitrogens with zero attached hydrogens (tertiary/aromatic N) is 1. The number of benzene rings is 4. The van der Waals surface area contributed by atoms with Crippen LogP contribution in [0.5, 0.6) is 11.5 Å². The van der Waals surface area contributed by atoms with Gasteiger partial charge in [0.05, 0.1) is 25.9 Å². The highest BCUT2D eigenvalue weighted by Crippen LogP contribution is 2.29. The van der Waals surface area contributed by atoms with Crippen molar-refractivity contribution in [3.63, 3.8) is 0 Å². The maximum atomic E-state index is 9.60. The van der Waals surface area contributed by atoms with E-state index in [-0.39, 0.29) is 0 Å². The molecule has 0 aromatic heterocycles. The summed E-state index contributed by atoms with van der Waals surface area (Å²) in [6.07, 6.45) is 4.08. The summed E-state index contributed by atoms with van der Waals surface area (Å²) in [7, 11) is 3.33. The van der Waals surface area contributed by atoms with Gasteiger partial charge in [0.25, 0.3) is 0 Å². The van der Waals surface area contributed by atoms with Gasteiger partial charge < -0.3 is 9.47 Å². The van der Waals surface area contributed by atoms with E-state index in [4.69, 9.17) is 9.47 Å². The molecule has 34 heavy (non-hydrogen) atoms. The molecule has 0 radical (unpaired) electrons. The molecule has 0 aliphatic carbocycles. The molecular weight excluding hydrogens is 418 g/mol. The molecule has 3 heteroatoms. The van der Waals surface area contributed by atoms with Gasteiger partial charge in [0, 0.05) is 0 Å². The highest BCUT2D eigenvalue weighted by Gasteiger charge is 2.07. The zero-order chi connectivity index (χ0) is 23.8. The fourth-order valence-corrected chi connectivity index (χ4v) is 3.69. The largest absolute Gasteiger partial charge is 0.497 e. The van der Waals surface area contributed by atoms with Crippen molar-refractivity contribution in [1.29, 1.82) is 5.26 Å². The summed E-state index contributed by atoms with van der Waals surface area (Å²) in [6, 6.07) is 36.3. The minimum absolute atomic E-state index is 0.640. The van der Waals surface area contributed by atoms with Crippen LogP contribution in [0.3, 0.4) is 0 Å². The van der Waals surface area contributed by atoms with Crippen molar-refractivity contribution in [2.45, 2.75) is 0 Å². The summed E-state index contributed by atoms with van der Waals surface area (Å²) in [6.45, 7) is 0. The molecule has 4 rings (SSSR count). The van der Waals surface area contributed by atoms with Crippen molar-refractivity contribution in [3.8, 4) is 17.6 Å². The van der Waals surface area contributed by atoms with Gasteiger partial charge in [0.1, 0.15) is 11.5 Å². The minimum atomic E-state index is 0.640. The van der Waals surface area contributed by atoms with Crippen LogP contribution in [-0.4, -0.2) is 14.2 Å². The van der Waals surface area contributed by atoms with Crippen molar-refractivity contribution < 1.29 is 9.47 Å². The van der Waals surface area contributed by atoms with E-state index in [0.717, 1.165) is 44.9 Å². The van der Waals surface area contributed by atoms with E-state index in [1.54, 1.807) is 14.2 Å². The van der Waals surface area contributed by atoms with Crippen LogP contribution in [0.4, 0.5) is 0 Å². The Hall–Kier alpha value is -4.55. The van der Waals surface area contributed by atoms with Crippen LogP contribution in [-0.2, 0) is 0 Å². The fourth-order valence-electron chi connectivity index (χ4n) is 3.69. The van der Waals surface area contributed by atoms with Gasteiger partial charge >= 0.3 is 0 Å². The van der Waals surface area contributed by atoms with Gasteiger partial charge in [-0.3, -0.25) is 0 Å². The molecule has 0 aliphatic rings. The molecule has 0 N–H and O–H groups in total. The van der Waals surface area contributed by atoms with Gasteiger partial charge in [0.2, 0.25) is 0 Å². The third-order valence-electron chi connectivity index (χ3n) is 5.57. The standard InChI is InChI=1S/C31H25NO2/c1-33-29-16-12-26(13-17-29)31(27-14-18-30(34-2)19-15-27)21-24-10-8-23(9-11-24)20-28(22-32)25-6-4-3-5-7-25/h3-21H,1-2H3/b28-20+. The van der Waals surface area contributed by atoms with Crippen LogP contribution in [0.15, 0.2) is 103 Å². The third kappa shape index (κ3) is 5.43. The first-order chi connectivity index (χ1) is 16.7. The van der Waals surface area contributed by atoms with Gasteiger partial charge in [-0.25, -0.2) is 0 Å². The first kappa shape index (κ1) is 22.6. The van der Waals surface area contributed by atoms with Crippen molar-refractivity contribution in [2.24, 2.45) is 0 Å². The predicted octanol–water partition coefficient (Wildman–Crippen LogP) is 7.36. The Kier molecular flexibility index (Phi) is 7.22. The van der Waals surface area contributed by atoms with Crippen molar-refractivity contribution in [3.05, 3.63) is 131 Å². The Morgan fingerprint density at radius 3 is 1.50 bits per heavy atom. The number of rotatable bonds is 7. The lowest BCUT2D eigenvalue weighted by atomic mass is 9.95. The van der Waals surface area contributed by atoms with E-state index in [9.17, 15) is 5.26 Å². The van der Waals surface area contributed by atoms with Crippen molar-refractivity contribution in [2.75, 3.05) is 14.2 Å². The molecular formula is C31H25NO2. The summed E-state index contributed by atoms with van der Waals surface area (Å²) in [4.78, 5) is 0. The smallest absolute Gasteiger partial charge is 0.118 e. The van der Waals surface area contributed by atoms with Crippen molar-refractivity contribution in [1.82, 2.24) is 0 Å². The average Bonchev–Trinajstić information content (AvgIpc) is 2.92. The summed E-state index contributed by atoms with van der Waals surface area (Å²) in [5, 5.41) is 9.60. The van der Waals surface area contributed by atoms with E-state index in [1.165, 1.54) is 0 Å². The Morgan fingerprint density at radius 2 is 1.06 bits per heavy atom. The number of methoxy groups -OCH3 is 2. The molecule has 0 saturated heterocycles. The Labute approximate surface area is 200 Å². The highest BCUT2D eigenvalue weighted by molar-refractivity contribution is 5.92. The summed E-state index contributed by atoms with van der Waals surface area (Å²) < 4.78 is 10.6. The lowest BCUT2D eigenvalue weighted by Crippen LogP contribution is -1.91. The summed E-state index contributed by atoms with van der Waals surface area (Å²) in [5.74, 6) is 1.64. The average molecular weight is 444 g/mol. The van der Waals surface area contributed by atoms with Gasteiger partial charge in [0.15, 0.2) is 0 Å². The van der Waals surface area contributed by atoms with Crippen LogP contribution in [0.25, 0.3) is 23.3 Å². The lowest BCUT2D eigenvalue weighted by Gasteiger charge is -2.11. The number of hydrogen-bond acceptors (Lipinski definition) is 3. The molecule has 0 unspecified atom stereocenters. The zero-order valence-corrected chi connectivity index (χ0v) is 19.2. The lowest BCUT2D eigenvalue weighted by molar-refractivity contribution is 0.414. The number of hydrogen-bond donors (Lipinski definition) is 0. The third-order valence-corrected chi connectivity index (χ3v) is 5.57. The number of allylic oxidation sites excluding steroid dienone is 1. The Morgan fingerprint density at radius 1 is 0.588 bits per heavy atom. The second kappa shape index (κ2) is 10.8. The first-order valence-corrected chi connectivity index (χ1v) is 11.0. The van der Waals surface area contributed by atoms with Gasteiger partial charge in [-0.1, -0.05) is 78.9 Å². The maximum Gasteiger partial charge on any atom is 0.118 e. The normalized spacial score (nSPS) is 10.8. The van der Waals surface area contributed by atoms with Crippen LogP contribution >= 0.6 is 0 Å². The number of ether oxygens (including phenoxy) is 2. The minimum Gasteiger partial charge on any atom is -0.497 e. The van der Waals surface area contributed by atoms with Crippen LogP contribution < -0.4 is 9.47 Å². The van der Waals surface area contributed by atoms with E-state index >= 15 is 0 Å². The van der Waals surface area contributed by atoms with Gasteiger partial charge in [-0.05, 0) is 69.8 Å². The first-order valence-electron chi connectivity index (χ1n) is 11.0. The monoisotopic (exact) mass is 443 g/mol. The maximum absolute atomic E-state index is 9.60. The molecule has 0 aliphatic heterocycles. The quantitative estimate of drug-likeness (QED) is 0.221. The Bertz CT molecular complexity index is 1280. The highest BCUT2D eigenvalue weighted by atomic mass is 16.5. The van der Waals surface area contributed by atoms with Gasteiger partial charge in [-0.15, -0.1) is 0 Å². The van der Waals surface area contributed by atoms with Crippen LogP contribution in [0.2, 0.25) is 0 Å². The fraction of sp³-hybridized carbons (Fsp3) is 0.0645. The summed E-state index contributed by atoms with van der Waals surface area (Å²) in [5.41, 5.74) is 6.87. The summed E-state index contributed by atoms with van der Waals surface area (Å²) >= 11 is 0. The number of nitriles is 1. The second-order valence-corrected chi connectivity index (χ2v) is 7.72. The zero-order valence-electron chi connectivity index (χ0n) is 19.2. The molecule has 0 amide bonds. The van der Waals surface area contributed by atoms with E-state index in [0.29, 0.717) is 5.57 Å². The van der Waals surface area contributed by atoms with Crippen LogP contribution in [0.1, 0.15) is 27.8 Å². The second-order valence-electron chi connectivity index (χ2n) is 7.72. The predicted molar refractivity (Wildman–Crippen MR) is 139 cm³/mol. The Balaban J connectivity index is 1.69. The van der Waals surface area contributed by atoms with Crippen molar-refractivity contribution >= 4 is 23.3 Å². The van der Waals surface area contributed by atoms with Gasteiger partial charge in [-0.2, -0.15) is 5.26 Å². The molecule has 0 heterocycles. The molecule has 0 bridgehead atoms. The topological polar surface area (TPSA) is 42.2 Å². The molecule has 4 aromatic rings. The molecule has 0 atom stereocenters. The molecule has 3 nitrogen and oxygen atoms in total. The molecule has 166 valence electrons.